The summed E-state index contributed by atoms with van der Waals surface area (Å²) < 4.78 is 5.24. The van der Waals surface area contributed by atoms with Gasteiger partial charge in [0.2, 0.25) is 0 Å². The average molecular weight is 348 g/mol. The number of hydrogen-bond acceptors (Lipinski definition) is 4. The third-order valence-corrected chi connectivity index (χ3v) is 3.91. The molecule has 0 aromatic carbocycles. The van der Waals surface area contributed by atoms with Crippen LogP contribution in [0.4, 0.5) is 4.79 Å². The van der Waals surface area contributed by atoms with Crippen LogP contribution in [0.5, 0.6) is 0 Å². The molecule has 0 heterocycles. The molecule has 0 spiro atoms. The predicted molar refractivity (Wildman–Crippen MR) is 105 cm³/mol. The Morgan fingerprint density at radius 1 is 1.44 bits per heavy atom. The molecule has 0 fully saturated rings. The van der Waals surface area contributed by atoms with E-state index in [1.807, 2.05) is 46.1 Å². The second-order valence-corrected chi connectivity index (χ2v) is 6.81. The van der Waals surface area contributed by atoms with Gasteiger partial charge in [0.15, 0.2) is 0 Å². The van der Waals surface area contributed by atoms with Gasteiger partial charge in [0.1, 0.15) is 0 Å². The minimum atomic E-state index is -0.264. The van der Waals surface area contributed by atoms with Gasteiger partial charge in [0.25, 0.3) is 0 Å². The molecular formula is C20H33N3O2. The van der Waals surface area contributed by atoms with E-state index in [0.29, 0.717) is 24.9 Å². The Kier molecular flexibility index (Phi) is 9.21. The summed E-state index contributed by atoms with van der Waals surface area (Å²) in [6, 6.07) is 0.133. The molecule has 5 nitrogen and oxygen atoms in total. The fourth-order valence-corrected chi connectivity index (χ4v) is 2.42. The van der Waals surface area contributed by atoms with Gasteiger partial charge in [-0.15, -0.1) is 0 Å². The number of rotatable bonds is 8. The van der Waals surface area contributed by atoms with Crippen LogP contribution < -0.4 is 5.73 Å². The van der Waals surface area contributed by atoms with Crippen molar-refractivity contribution in [3.63, 3.8) is 0 Å². The molecule has 1 aliphatic carbocycles. The van der Waals surface area contributed by atoms with E-state index in [2.05, 4.69) is 30.1 Å². The lowest BCUT2D eigenvalue weighted by atomic mass is 9.88. The van der Waals surface area contributed by atoms with Crippen LogP contribution in [0.3, 0.4) is 0 Å². The van der Waals surface area contributed by atoms with Crippen molar-refractivity contribution in [1.82, 2.24) is 4.90 Å². The minimum absolute atomic E-state index is 0.0989. The number of nitrogens with zero attached hydrogens (tertiary/aromatic N) is 2. The highest BCUT2D eigenvalue weighted by Crippen LogP contribution is 2.24. The molecule has 1 unspecified atom stereocenters. The van der Waals surface area contributed by atoms with Crippen LogP contribution in [0.1, 0.15) is 41.0 Å². The van der Waals surface area contributed by atoms with E-state index in [1.54, 1.807) is 4.90 Å². The SMILES string of the molecule is CCN(C/C=C/C1C=CC(N=CC[C@@H](C)N)=C[C@@H]1C)C(=O)OC(C)C. The van der Waals surface area contributed by atoms with Crippen molar-refractivity contribution in [3.8, 4) is 0 Å². The molecule has 0 aromatic rings. The lowest BCUT2D eigenvalue weighted by Crippen LogP contribution is -2.33. The second kappa shape index (κ2) is 10.9. The normalized spacial score (nSPS) is 21.8. The first-order chi connectivity index (χ1) is 11.8. The van der Waals surface area contributed by atoms with Gasteiger partial charge in [0.05, 0.1) is 11.8 Å². The number of carbonyl (C=O) groups is 1. The number of allylic oxidation sites excluding steroid dienone is 4. The summed E-state index contributed by atoms with van der Waals surface area (Å²) in [5.74, 6) is 0.675. The topological polar surface area (TPSA) is 67.9 Å². The van der Waals surface area contributed by atoms with Crippen molar-refractivity contribution in [1.29, 1.82) is 0 Å². The second-order valence-electron chi connectivity index (χ2n) is 6.81. The standard InChI is InChI=1S/C20H33N3O2/c1-6-23(20(24)25-15(2)3)13-7-8-18-9-10-19(14-16(18)4)22-12-11-17(5)21/h7-10,12,14-18H,6,11,13,21H2,1-5H3/b8-7+,22-12?/t16-,17+,18?/m0/s1. The van der Waals surface area contributed by atoms with E-state index in [9.17, 15) is 4.79 Å². The number of hydrogen-bond donors (Lipinski definition) is 1. The average Bonchev–Trinajstić information content (AvgIpc) is 2.52. The molecule has 1 aliphatic rings. The molecule has 25 heavy (non-hydrogen) atoms. The molecule has 0 saturated heterocycles. The summed E-state index contributed by atoms with van der Waals surface area (Å²) in [6.07, 6.45) is 12.8. The summed E-state index contributed by atoms with van der Waals surface area (Å²) in [7, 11) is 0. The first kappa shape index (κ1) is 21.2. The van der Waals surface area contributed by atoms with E-state index >= 15 is 0 Å². The molecule has 1 amide bonds. The van der Waals surface area contributed by atoms with Crippen molar-refractivity contribution >= 4 is 12.3 Å². The monoisotopic (exact) mass is 347 g/mol. The maximum Gasteiger partial charge on any atom is 0.410 e. The van der Waals surface area contributed by atoms with E-state index in [0.717, 1.165) is 12.1 Å². The van der Waals surface area contributed by atoms with Crippen LogP contribution in [0, 0.1) is 11.8 Å². The number of nitrogens with two attached hydrogens (primary N) is 1. The van der Waals surface area contributed by atoms with Crippen molar-refractivity contribution in [2.75, 3.05) is 13.1 Å². The number of aliphatic imine (C=N–C) groups is 1. The summed E-state index contributed by atoms with van der Waals surface area (Å²) in [4.78, 5) is 18.1. The Labute approximate surface area is 152 Å². The van der Waals surface area contributed by atoms with Crippen molar-refractivity contribution < 1.29 is 9.53 Å². The molecule has 0 radical (unpaired) electrons. The highest BCUT2D eigenvalue weighted by molar-refractivity contribution is 5.67. The Balaban J connectivity index is 2.54. The van der Waals surface area contributed by atoms with Gasteiger partial charge in [-0.1, -0.05) is 31.2 Å². The van der Waals surface area contributed by atoms with Gasteiger partial charge < -0.3 is 15.4 Å². The number of likely N-dealkylation sites (N-methyl/N-ethyl adjacent to an activating group) is 1. The van der Waals surface area contributed by atoms with Crippen LogP contribution >= 0.6 is 0 Å². The number of amides is 1. The number of ether oxygens (including phenoxy) is 1. The summed E-state index contributed by atoms with van der Waals surface area (Å²) in [5, 5.41) is 0. The first-order valence-electron chi connectivity index (χ1n) is 9.13. The molecule has 0 aromatic heterocycles. The Morgan fingerprint density at radius 2 is 2.16 bits per heavy atom. The predicted octanol–water partition coefficient (Wildman–Crippen LogP) is 3.92. The fraction of sp³-hybridized carbons (Fsp3) is 0.600. The highest BCUT2D eigenvalue weighted by Gasteiger charge is 2.15. The fourth-order valence-electron chi connectivity index (χ4n) is 2.42. The van der Waals surface area contributed by atoms with Crippen LogP contribution in [0.2, 0.25) is 0 Å². The molecule has 140 valence electrons. The van der Waals surface area contributed by atoms with Crippen LogP contribution in [0.25, 0.3) is 0 Å². The maximum absolute atomic E-state index is 11.9. The summed E-state index contributed by atoms with van der Waals surface area (Å²) >= 11 is 0. The largest absolute Gasteiger partial charge is 0.447 e. The lowest BCUT2D eigenvalue weighted by Gasteiger charge is -2.21. The van der Waals surface area contributed by atoms with E-state index < -0.39 is 0 Å². The smallest absolute Gasteiger partial charge is 0.410 e. The first-order valence-corrected chi connectivity index (χ1v) is 9.13. The maximum atomic E-state index is 11.9. The van der Waals surface area contributed by atoms with E-state index in [4.69, 9.17) is 10.5 Å². The zero-order chi connectivity index (χ0) is 18.8. The molecule has 5 heteroatoms. The van der Waals surface area contributed by atoms with Crippen molar-refractivity contribution in [2.45, 2.75) is 53.2 Å². The lowest BCUT2D eigenvalue weighted by molar-refractivity contribution is 0.0816. The molecule has 0 bridgehead atoms. The third-order valence-electron chi connectivity index (χ3n) is 3.91. The van der Waals surface area contributed by atoms with Crippen molar-refractivity contribution in [2.24, 2.45) is 22.6 Å². The van der Waals surface area contributed by atoms with Gasteiger partial charge in [-0.3, -0.25) is 4.99 Å². The minimum Gasteiger partial charge on any atom is -0.447 e. The van der Waals surface area contributed by atoms with Crippen LogP contribution in [-0.2, 0) is 4.74 Å². The quantitative estimate of drug-likeness (QED) is 0.534. The third kappa shape index (κ3) is 8.16. The Hall–Kier alpha value is -1.88. The molecule has 1 rings (SSSR count). The molecular weight excluding hydrogens is 314 g/mol. The zero-order valence-corrected chi connectivity index (χ0v) is 16.2. The molecule has 2 N–H and O–H groups in total. The van der Waals surface area contributed by atoms with Crippen LogP contribution in [-0.4, -0.2) is 42.4 Å². The van der Waals surface area contributed by atoms with Gasteiger partial charge in [-0.2, -0.15) is 0 Å². The highest BCUT2D eigenvalue weighted by atomic mass is 16.6. The van der Waals surface area contributed by atoms with E-state index in [-0.39, 0.29) is 18.2 Å². The molecule has 0 aliphatic heterocycles. The Morgan fingerprint density at radius 3 is 2.72 bits per heavy atom. The van der Waals surface area contributed by atoms with Crippen molar-refractivity contribution in [3.05, 3.63) is 36.1 Å². The Bertz CT molecular complexity index is 533. The summed E-state index contributed by atoms with van der Waals surface area (Å²) in [5.41, 5.74) is 6.70. The molecule has 3 atom stereocenters. The van der Waals surface area contributed by atoms with Gasteiger partial charge in [-0.25, -0.2) is 4.79 Å². The van der Waals surface area contributed by atoms with Gasteiger partial charge in [0, 0.05) is 31.3 Å². The van der Waals surface area contributed by atoms with E-state index in [1.165, 1.54) is 0 Å². The molecule has 0 saturated carbocycles. The zero-order valence-electron chi connectivity index (χ0n) is 16.2. The number of carbonyl (C=O) groups excluding carboxylic acids is 1. The van der Waals surface area contributed by atoms with Gasteiger partial charge in [-0.05, 0) is 46.1 Å². The van der Waals surface area contributed by atoms with Crippen LogP contribution in [0.15, 0.2) is 41.1 Å². The van der Waals surface area contributed by atoms with Gasteiger partial charge >= 0.3 is 6.09 Å². The summed E-state index contributed by atoms with van der Waals surface area (Å²) in [6.45, 7) is 11.0.